The zero-order valence-corrected chi connectivity index (χ0v) is 11.2. The van der Waals surface area contributed by atoms with Gasteiger partial charge < -0.3 is 15.2 Å². The number of carbonyl (C=O) groups excluding carboxylic acids is 1. The Morgan fingerprint density at radius 1 is 1.00 bits per heavy atom. The van der Waals surface area contributed by atoms with Crippen molar-refractivity contribution < 1.29 is 14.3 Å². The Balaban J connectivity index is 1.97. The van der Waals surface area contributed by atoms with E-state index in [1.54, 1.807) is 24.3 Å². The van der Waals surface area contributed by atoms with Gasteiger partial charge in [0.05, 0.1) is 0 Å². The van der Waals surface area contributed by atoms with Crippen LogP contribution in [-0.2, 0) is 0 Å². The van der Waals surface area contributed by atoms with Crippen molar-refractivity contribution in [2.75, 3.05) is 18.9 Å². The lowest BCUT2D eigenvalue weighted by atomic mass is 10.0. The molecule has 0 bridgehead atoms. The maximum absolute atomic E-state index is 12.5. The molecule has 0 unspecified atom stereocenters. The molecule has 2 aromatic carbocycles. The molecule has 0 saturated carbocycles. The van der Waals surface area contributed by atoms with Gasteiger partial charge in [-0.2, -0.15) is 0 Å². The van der Waals surface area contributed by atoms with Crippen LogP contribution in [0.25, 0.3) is 0 Å². The van der Waals surface area contributed by atoms with Crippen LogP contribution in [0.2, 0.25) is 0 Å². The predicted octanol–water partition coefficient (Wildman–Crippen LogP) is 2.58. The summed E-state index contributed by atoms with van der Waals surface area (Å²) in [7, 11) is 0. The van der Waals surface area contributed by atoms with Crippen molar-refractivity contribution in [1.29, 1.82) is 0 Å². The van der Waals surface area contributed by atoms with Crippen LogP contribution in [0.3, 0.4) is 0 Å². The summed E-state index contributed by atoms with van der Waals surface area (Å²) in [5.41, 5.74) is 8.49. The van der Waals surface area contributed by atoms with Gasteiger partial charge in [0, 0.05) is 16.8 Å². The van der Waals surface area contributed by atoms with Crippen LogP contribution >= 0.6 is 0 Å². The number of rotatable bonds is 2. The lowest BCUT2D eigenvalue weighted by Crippen LogP contribution is -2.16. The topological polar surface area (TPSA) is 61.6 Å². The molecule has 0 amide bonds. The molecule has 3 rings (SSSR count). The smallest absolute Gasteiger partial charge is 0.193 e. The third-order valence-corrected chi connectivity index (χ3v) is 3.17. The maximum Gasteiger partial charge on any atom is 0.193 e. The Hall–Kier alpha value is -2.49. The summed E-state index contributed by atoms with van der Waals surface area (Å²) in [5.74, 6) is 1.22. The highest BCUT2D eigenvalue weighted by Crippen LogP contribution is 2.31. The second-order valence-corrected chi connectivity index (χ2v) is 4.82. The van der Waals surface area contributed by atoms with E-state index < -0.39 is 0 Å². The number of aryl methyl sites for hydroxylation is 1. The number of ketones is 1. The molecule has 0 saturated heterocycles. The molecule has 4 heteroatoms. The summed E-state index contributed by atoms with van der Waals surface area (Å²) in [4.78, 5) is 12.5. The first kappa shape index (κ1) is 12.5. The molecule has 0 fully saturated rings. The molecule has 2 N–H and O–H groups in total. The molecule has 102 valence electrons. The van der Waals surface area contributed by atoms with Gasteiger partial charge in [0.15, 0.2) is 17.3 Å². The molecule has 0 aliphatic carbocycles. The number of hydrogen-bond donors (Lipinski definition) is 1. The SMILES string of the molecule is Cc1cc(N)cc(C(=O)c2ccc3c(c2)OCCO3)c1. The van der Waals surface area contributed by atoms with Crippen molar-refractivity contribution in [3.8, 4) is 11.5 Å². The minimum Gasteiger partial charge on any atom is -0.486 e. The van der Waals surface area contributed by atoms with E-state index in [2.05, 4.69) is 0 Å². The first-order chi connectivity index (χ1) is 9.63. The normalized spacial score (nSPS) is 13.1. The van der Waals surface area contributed by atoms with Gasteiger partial charge in [0.2, 0.25) is 0 Å². The number of ether oxygens (including phenoxy) is 2. The van der Waals surface area contributed by atoms with E-state index >= 15 is 0 Å². The van der Waals surface area contributed by atoms with Gasteiger partial charge in [-0.15, -0.1) is 0 Å². The van der Waals surface area contributed by atoms with Crippen LogP contribution < -0.4 is 15.2 Å². The second-order valence-electron chi connectivity index (χ2n) is 4.82. The first-order valence-electron chi connectivity index (χ1n) is 6.45. The van der Waals surface area contributed by atoms with Gasteiger partial charge in [-0.1, -0.05) is 0 Å². The van der Waals surface area contributed by atoms with Crippen LogP contribution in [-0.4, -0.2) is 19.0 Å². The van der Waals surface area contributed by atoms with Gasteiger partial charge in [0.25, 0.3) is 0 Å². The highest BCUT2D eigenvalue weighted by molar-refractivity contribution is 6.09. The van der Waals surface area contributed by atoms with Crippen molar-refractivity contribution in [2.24, 2.45) is 0 Å². The van der Waals surface area contributed by atoms with Gasteiger partial charge >= 0.3 is 0 Å². The molecule has 20 heavy (non-hydrogen) atoms. The Morgan fingerprint density at radius 3 is 2.50 bits per heavy atom. The summed E-state index contributed by atoms with van der Waals surface area (Å²) in [6, 6.07) is 10.6. The molecule has 2 aromatic rings. The molecule has 1 heterocycles. The zero-order valence-electron chi connectivity index (χ0n) is 11.2. The van der Waals surface area contributed by atoms with Crippen LogP contribution in [0.4, 0.5) is 5.69 Å². The van der Waals surface area contributed by atoms with E-state index in [9.17, 15) is 4.79 Å². The number of nitrogens with two attached hydrogens (primary N) is 1. The van der Waals surface area contributed by atoms with Gasteiger partial charge in [-0.3, -0.25) is 4.79 Å². The molecule has 0 atom stereocenters. The summed E-state index contributed by atoms with van der Waals surface area (Å²) in [6.07, 6.45) is 0. The van der Waals surface area contributed by atoms with Gasteiger partial charge in [-0.25, -0.2) is 0 Å². The summed E-state index contributed by atoms with van der Waals surface area (Å²) >= 11 is 0. The number of carbonyl (C=O) groups is 1. The molecule has 4 nitrogen and oxygen atoms in total. The predicted molar refractivity (Wildman–Crippen MR) is 76.5 cm³/mol. The first-order valence-corrected chi connectivity index (χ1v) is 6.45. The number of nitrogen functional groups attached to an aromatic ring is 1. The molecular formula is C16H15NO3. The minimum absolute atomic E-state index is 0.0719. The van der Waals surface area contributed by atoms with E-state index in [-0.39, 0.29) is 5.78 Å². The molecule has 1 aliphatic heterocycles. The minimum atomic E-state index is -0.0719. The summed E-state index contributed by atoms with van der Waals surface area (Å²) < 4.78 is 10.9. The van der Waals surface area contributed by atoms with E-state index in [1.807, 2.05) is 19.1 Å². The quantitative estimate of drug-likeness (QED) is 0.672. The van der Waals surface area contributed by atoms with E-state index in [0.29, 0.717) is 41.5 Å². The van der Waals surface area contributed by atoms with Gasteiger partial charge in [0.1, 0.15) is 13.2 Å². The second kappa shape index (κ2) is 4.89. The fourth-order valence-corrected chi connectivity index (χ4v) is 2.30. The summed E-state index contributed by atoms with van der Waals surface area (Å²) in [5, 5.41) is 0. The molecule has 0 spiro atoms. The molecule has 0 radical (unpaired) electrons. The molecule has 1 aliphatic rings. The third kappa shape index (κ3) is 2.32. The number of benzene rings is 2. The third-order valence-electron chi connectivity index (χ3n) is 3.17. The Kier molecular flexibility index (Phi) is 3.06. The van der Waals surface area contributed by atoms with Crippen molar-refractivity contribution in [3.63, 3.8) is 0 Å². The van der Waals surface area contributed by atoms with Crippen molar-refractivity contribution in [3.05, 3.63) is 53.1 Å². The zero-order chi connectivity index (χ0) is 14.1. The van der Waals surface area contributed by atoms with E-state index in [0.717, 1.165) is 5.56 Å². The Morgan fingerprint density at radius 2 is 1.75 bits per heavy atom. The van der Waals surface area contributed by atoms with E-state index in [1.165, 1.54) is 0 Å². The molecular weight excluding hydrogens is 254 g/mol. The fraction of sp³-hybridized carbons (Fsp3) is 0.188. The highest BCUT2D eigenvalue weighted by atomic mass is 16.6. The van der Waals surface area contributed by atoms with Crippen LogP contribution in [0, 0.1) is 6.92 Å². The largest absolute Gasteiger partial charge is 0.486 e. The summed E-state index contributed by atoms with van der Waals surface area (Å²) in [6.45, 7) is 2.95. The van der Waals surface area contributed by atoms with Gasteiger partial charge in [-0.05, 0) is 48.9 Å². The van der Waals surface area contributed by atoms with Crippen molar-refractivity contribution >= 4 is 11.5 Å². The van der Waals surface area contributed by atoms with E-state index in [4.69, 9.17) is 15.2 Å². The lowest BCUT2D eigenvalue weighted by Gasteiger charge is -2.18. The Labute approximate surface area is 117 Å². The number of fused-ring (bicyclic) bond motifs is 1. The monoisotopic (exact) mass is 269 g/mol. The average Bonchev–Trinajstić information content (AvgIpc) is 2.45. The fourth-order valence-electron chi connectivity index (χ4n) is 2.30. The van der Waals surface area contributed by atoms with Crippen LogP contribution in [0.1, 0.15) is 21.5 Å². The molecule has 0 aromatic heterocycles. The number of anilines is 1. The number of hydrogen-bond acceptors (Lipinski definition) is 4. The average molecular weight is 269 g/mol. The maximum atomic E-state index is 12.5. The Bertz CT molecular complexity index is 659. The van der Waals surface area contributed by atoms with Crippen LogP contribution in [0.5, 0.6) is 11.5 Å². The van der Waals surface area contributed by atoms with Crippen molar-refractivity contribution in [2.45, 2.75) is 6.92 Å². The highest BCUT2D eigenvalue weighted by Gasteiger charge is 2.16. The van der Waals surface area contributed by atoms with Crippen LogP contribution in [0.15, 0.2) is 36.4 Å². The standard InChI is InChI=1S/C16H15NO3/c1-10-6-12(8-13(17)7-10)16(18)11-2-3-14-15(9-11)20-5-4-19-14/h2-3,6-9H,4-5,17H2,1H3. The van der Waals surface area contributed by atoms with Crippen molar-refractivity contribution in [1.82, 2.24) is 0 Å². The lowest BCUT2D eigenvalue weighted by molar-refractivity contribution is 0.103.